The lowest BCUT2D eigenvalue weighted by atomic mass is 10.1. The van der Waals surface area contributed by atoms with Crippen molar-refractivity contribution in [3.8, 4) is 0 Å². The number of aliphatic hydroxyl groups is 2. The molecule has 2 rings (SSSR count). The summed E-state index contributed by atoms with van der Waals surface area (Å²) in [6.07, 6.45) is 0.508. The average Bonchev–Trinajstić information content (AvgIpc) is 2.77. The molecule has 1 aromatic heterocycles. The third-order valence-electron chi connectivity index (χ3n) is 2.37. The Morgan fingerprint density at radius 3 is 2.76 bits per heavy atom. The van der Waals surface area contributed by atoms with E-state index in [1.807, 2.05) is 0 Å². The summed E-state index contributed by atoms with van der Waals surface area (Å²) in [4.78, 5) is 0. The highest BCUT2D eigenvalue weighted by Crippen LogP contribution is 2.17. The number of aromatic nitrogens is 3. The van der Waals surface area contributed by atoms with Gasteiger partial charge in [-0.05, 0) is 6.07 Å². The van der Waals surface area contributed by atoms with E-state index in [0.717, 1.165) is 0 Å². The second-order valence-electron chi connectivity index (χ2n) is 3.63. The maximum Gasteiger partial charge on any atom is 0.129 e. The first kappa shape index (κ1) is 11.7. The van der Waals surface area contributed by atoms with Crippen LogP contribution in [-0.4, -0.2) is 25.2 Å². The zero-order chi connectivity index (χ0) is 12.3. The fourth-order valence-electron chi connectivity index (χ4n) is 1.52. The Labute approximate surface area is 97.1 Å². The van der Waals surface area contributed by atoms with E-state index in [0.29, 0.717) is 5.69 Å². The van der Waals surface area contributed by atoms with E-state index >= 15 is 0 Å². The Morgan fingerprint density at radius 1 is 1.35 bits per heavy atom. The van der Waals surface area contributed by atoms with E-state index in [1.54, 1.807) is 12.1 Å². The van der Waals surface area contributed by atoms with Crippen molar-refractivity contribution in [3.05, 3.63) is 47.5 Å². The molecule has 0 aliphatic heterocycles. The predicted molar refractivity (Wildman–Crippen MR) is 57.3 cm³/mol. The Hall–Kier alpha value is -1.79. The molecule has 90 valence electrons. The topological polar surface area (TPSA) is 71.2 Å². The van der Waals surface area contributed by atoms with E-state index in [4.69, 9.17) is 5.11 Å². The molecule has 0 saturated carbocycles. The van der Waals surface area contributed by atoms with Crippen LogP contribution in [0.25, 0.3) is 0 Å². The van der Waals surface area contributed by atoms with Crippen molar-refractivity contribution in [1.29, 1.82) is 0 Å². The zero-order valence-corrected chi connectivity index (χ0v) is 8.99. The molecule has 0 amide bonds. The van der Waals surface area contributed by atoms with Crippen molar-refractivity contribution in [1.82, 2.24) is 15.0 Å². The van der Waals surface area contributed by atoms with Crippen LogP contribution < -0.4 is 0 Å². The molecule has 17 heavy (non-hydrogen) atoms. The standard InChI is InChI=1S/C11H12FN3O2/c12-10-4-2-1-3-9(10)11(17)6-15-5-8(7-16)13-14-15/h1-5,11,16-17H,6-7H2/t11-/m1/s1. The summed E-state index contributed by atoms with van der Waals surface area (Å²) < 4.78 is 14.7. The van der Waals surface area contributed by atoms with Gasteiger partial charge >= 0.3 is 0 Å². The van der Waals surface area contributed by atoms with Gasteiger partial charge in [-0.15, -0.1) is 5.10 Å². The van der Waals surface area contributed by atoms with Gasteiger partial charge in [0, 0.05) is 5.56 Å². The lowest BCUT2D eigenvalue weighted by Gasteiger charge is -2.11. The van der Waals surface area contributed by atoms with E-state index in [2.05, 4.69) is 10.3 Å². The first-order chi connectivity index (χ1) is 8.20. The van der Waals surface area contributed by atoms with Crippen molar-refractivity contribution < 1.29 is 14.6 Å². The molecule has 1 heterocycles. The van der Waals surface area contributed by atoms with Crippen molar-refractivity contribution >= 4 is 0 Å². The van der Waals surface area contributed by atoms with Crippen molar-refractivity contribution in [2.75, 3.05) is 0 Å². The van der Waals surface area contributed by atoms with Crippen LogP contribution in [0.1, 0.15) is 17.4 Å². The van der Waals surface area contributed by atoms with Gasteiger partial charge in [-0.3, -0.25) is 0 Å². The molecule has 0 radical (unpaired) electrons. The largest absolute Gasteiger partial charge is 0.390 e. The van der Waals surface area contributed by atoms with Crippen LogP contribution in [0.15, 0.2) is 30.5 Å². The van der Waals surface area contributed by atoms with Gasteiger partial charge in [0.05, 0.1) is 19.3 Å². The molecule has 5 nitrogen and oxygen atoms in total. The van der Waals surface area contributed by atoms with Crippen molar-refractivity contribution in [3.63, 3.8) is 0 Å². The molecule has 2 aromatic rings. The molecule has 0 unspecified atom stereocenters. The molecular weight excluding hydrogens is 225 g/mol. The van der Waals surface area contributed by atoms with Gasteiger partial charge in [-0.1, -0.05) is 23.4 Å². The maximum atomic E-state index is 13.4. The van der Waals surface area contributed by atoms with Crippen LogP contribution in [0.5, 0.6) is 0 Å². The number of hydrogen-bond acceptors (Lipinski definition) is 4. The highest BCUT2D eigenvalue weighted by atomic mass is 19.1. The fourth-order valence-corrected chi connectivity index (χ4v) is 1.52. The monoisotopic (exact) mass is 237 g/mol. The lowest BCUT2D eigenvalue weighted by Crippen LogP contribution is -2.10. The van der Waals surface area contributed by atoms with Gasteiger partial charge in [0.15, 0.2) is 0 Å². The highest BCUT2D eigenvalue weighted by molar-refractivity contribution is 5.19. The molecule has 0 spiro atoms. The average molecular weight is 237 g/mol. The summed E-state index contributed by atoms with van der Waals surface area (Å²) in [5, 5.41) is 26.0. The van der Waals surface area contributed by atoms with Crippen LogP contribution in [0.4, 0.5) is 4.39 Å². The Balaban J connectivity index is 2.11. The summed E-state index contributed by atoms with van der Waals surface area (Å²) in [5.41, 5.74) is 0.624. The maximum absolute atomic E-state index is 13.4. The number of aliphatic hydroxyl groups excluding tert-OH is 2. The zero-order valence-electron chi connectivity index (χ0n) is 8.99. The van der Waals surface area contributed by atoms with Crippen molar-refractivity contribution in [2.24, 2.45) is 0 Å². The summed E-state index contributed by atoms with van der Waals surface area (Å²) in [7, 11) is 0. The molecule has 6 heteroatoms. The summed E-state index contributed by atoms with van der Waals surface area (Å²) >= 11 is 0. The minimum absolute atomic E-state index is 0.0912. The molecular formula is C11H12FN3O2. The van der Waals surface area contributed by atoms with Crippen LogP contribution in [0.2, 0.25) is 0 Å². The molecule has 1 aromatic carbocycles. The lowest BCUT2D eigenvalue weighted by molar-refractivity contribution is 0.146. The molecule has 1 atom stereocenters. The van der Waals surface area contributed by atoms with E-state index in [1.165, 1.54) is 23.0 Å². The summed E-state index contributed by atoms with van der Waals surface area (Å²) in [5.74, 6) is -0.456. The quantitative estimate of drug-likeness (QED) is 0.818. The number of rotatable bonds is 4. The van der Waals surface area contributed by atoms with E-state index in [9.17, 15) is 9.50 Å². The Morgan fingerprint density at radius 2 is 2.12 bits per heavy atom. The molecule has 2 N–H and O–H groups in total. The minimum Gasteiger partial charge on any atom is -0.390 e. The third-order valence-corrected chi connectivity index (χ3v) is 2.37. The number of hydrogen-bond donors (Lipinski definition) is 2. The molecule has 0 aliphatic carbocycles. The first-order valence-corrected chi connectivity index (χ1v) is 5.13. The molecule has 0 bridgehead atoms. The second-order valence-corrected chi connectivity index (χ2v) is 3.63. The van der Waals surface area contributed by atoms with Crippen LogP contribution in [0.3, 0.4) is 0 Å². The summed E-state index contributed by atoms with van der Waals surface area (Å²) in [6.45, 7) is -0.121. The number of benzene rings is 1. The van der Waals surface area contributed by atoms with E-state index < -0.39 is 11.9 Å². The third kappa shape index (κ3) is 2.66. The second kappa shape index (κ2) is 5.03. The Kier molecular flexibility index (Phi) is 3.46. The van der Waals surface area contributed by atoms with Crippen molar-refractivity contribution in [2.45, 2.75) is 19.3 Å². The SMILES string of the molecule is OCc1cn(C[C@@H](O)c2ccccc2F)nn1. The van der Waals surface area contributed by atoms with Gasteiger partial charge in [0.25, 0.3) is 0 Å². The number of halogens is 1. The number of nitrogens with zero attached hydrogens (tertiary/aromatic N) is 3. The van der Waals surface area contributed by atoms with Gasteiger partial charge in [-0.25, -0.2) is 9.07 Å². The molecule has 0 saturated heterocycles. The fraction of sp³-hybridized carbons (Fsp3) is 0.273. The summed E-state index contributed by atoms with van der Waals surface area (Å²) in [6, 6.07) is 6.02. The van der Waals surface area contributed by atoms with Gasteiger partial charge in [0.2, 0.25) is 0 Å². The van der Waals surface area contributed by atoms with E-state index in [-0.39, 0.29) is 18.7 Å². The molecule has 0 fully saturated rings. The van der Waals surface area contributed by atoms with Crippen LogP contribution in [0, 0.1) is 5.82 Å². The van der Waals surface area contributed by atoms with Crippen LogP contribution >= 0.6 is 0 Å². The predicted octanol–water partition coefficient (Wildman–Crippen LogP) is 0.643. The van der Waals surface area contributed by atoms with Crippen LogP contribution in [-0.2, 0) is 13.2 Å². The minimum atomic E-state index is -0.996. The smallest absolute Gasteiger partial charge is 0.129 e. The van der Waals surface area contributed by atoms with Gasteiger partial charge in [-0.2, -0.15) is 0 Å². The Bertz CT molecular complexity index is 501. The van der Waals surface area contributed by atoms with Gasteiger partial charge < -0.3 is 10.2 Å². The highest BCUT2D eigenvalue weighted by Gasteiger charge is 2.13. The van der Waals surface area contributed by atoms with Gasteiger partial charge in [0.1, 0.15) is 17.6 Å². The molecule has 0 aliphatic rings. The first-order valence-electron chi connectivity index (χ1n) is 5.13. The normalized spacial score (nSPS) is 12.6.